The number of nitrogens with zero attached hydrogens (tertiary/aromatic N) is 2. The van der Waals surface area contributed by atoms with Crippen LogP contribution in [-0.4, -0.2) is 30.9 Å². The summed E-state index contributed by atoms with van der Waals surface area (Å²) in [5.41, 5.74) is 2.22. The van der Waals surface area contributed by atoms with Gasteiger partial charge in [0.2, 0.25) is 0 Å². The van der Waals surface area contributed by atoms with E-state index in [4.69, 9.17) is 30.5 Å². The lowest BCUT2D eigenvalue weighted by molar-refractivity contribution is -0.136. The highest BCUT2D eigenvalue weighted by atomic mass is 79.9. The number of ether oxygens (including phenoxy) is 4. The molecule has 0 amide bonds. The molecule has 1 aliphatic rings. The molecule has 12 heteroatoms. The quantitative estimate of drug-likeness (QED) is 0.170. The van der Waals surface area contributed by atoms with Crippen molar-refractivity contribution in [2.45, 2.75) is 26.5 Å². The number of carbonyl (C=O) groups excluding carboxylic acids is 1. The first-order valence-corrected chi connectivity index (χ1v) is 16.4. The largest absolute Gasteiger partial charge is 0.490 e. The molecule has 3 aromatic carbocycles. The van der Waals surface area contributed by atoms with Gasteiger partial charge in [0.05, 0.1) is 46.0 Å². The Balaban J connectivity index is 1.54. The van der Waals surface area contributed by atoms with Crippen molar-refractivity contribution in [1.29, 1.82) is 0 Å². The van der Waals surface area contributed by atoms with E-state index in [0.29, 0.717) is 67.0 Å². The van der Waals surface area contributed by atoms with Crippen molar-refractivity contribution in [3.8, 4) is 17.2 Å². The summed E-state index contributed by atoms with van der Waals surface area (Å²) in [6.07, 6.45) is 3.19. The van der Waals surface area contributed by atoms with Crippen LogP contribution in [0.2, 0.25) is 5.02 Å². The minimum Gasteiger partial charge on any atom is -0.490 e. The molecule has 2 heterocycles. The van der Waals surface area contributed by atoms with E-state index in [1.807, 2.05) is 44.2 Å². The van der Waals surface area contributed by atoms with Crippen LogP contribution >= 0.6 is 54.8 Å². The number of halogens is 3. The average Bonchev–Trinajstić information content (AvgIpc) is 3.32. The third kappa shape index (κ3) is 6.81. The standard InChI is InChI=1S/C32H27Br2ClN2O6S/c1-4-41-25-11-8-20(15-26(25)42-5-2)28-22(31(39)40-3)16-36-32-37(28)30(38)27(44-32)14-19-12-23(34)29(24(35)13-19)43-17-18-6-9-21(33)10-7-18/h6-16,28H,4-5,17H2,1-3H3/b27-14-/t28-/m0/s1. The second-order valence-electron chi connectivity index (χ2n) is 9.48. The minimum absolute atomic E-state index is 0.219. The molecule has 5 rings (SSSR count). The molecule has 1 aromatic heterocycles. The van der Waals surface area contributed by atoms with Crippen LogP contribution in [0.4, 0.5) is 0 Å². The van der Waals surface area contributed by atoms with Gasteiger partial charge in [-0.1, -0.05) is 57.1 Å². The van der Waals surface area contributed by atoms with Gasteiger partial charge in [0.25, 0.3) is 5.56 Å². The zero-order chi connectivity index (χ0) is 31.4. The monoisotopic (exact) mass is 760 g/mol. The topological polar surface area (TPSA) is 88.4 Å². The lowest BCUT2D eigenvalue weighted by Crippen LogP contribution is -2.39. The first-order chi connectivity index (χ1) is 21.2. The highest BCUT2D eigenvalue weighted by molar-refractivity contribution is 9.10. The van der Waals surface area contributed by atoms with Crippen molar-refractivity contribution in [1.82, 2.24) is 4.57 Å². The van der Waals surface area contributed by atoms with Gasteiger partial charge in [-0.15, -0.1) is 0 Å². The molecule has 1 aliphatic heterocycles. The van der Waals surface area contributed by atoms with Crippen LogP contribution in [0.1, 0.15) is 36.6 Å². The minimum atomic E-state index is -0.791. The van der Waals surface area contributed by atoms with Gasteiger partial charge in [0.1, 0.15) is 6.61 Å². The number of thiazole rings is 1. The summed E-state index contributed by atoms with van der Waals surface area (Å²) in [5.74, 6) is 0.990. The number of carbonyl (C=O) groups is 1. The predicted octanol–water partition coefficient (Wildman–Crippen LogP) is 6.57. The van der Waals surface area contributed by atoms with Crippen LogP contribution in [0.25, 0.3) is 6.08 Å². The summed E-state index contributed by atoms with van der Waals surface area (Å²) in [6.45, 7) is 4.97. The molecule has 0 bridgehead atoms. The van der Waals surface area contributed by atoms with Crippen molar-refractivity contribution in [2.75, 3.05) is 20.3 Å². The second kappa shape index (κ2) is 14.2. The maximum absolute atomic E-state index is 13.9. The molecule has 4 aromatic rings. The number of benzene rings is 3. The van der Waals surface area contributed by atoms with Gasteiger partial charge >= 0.3 is 5.97 Å². The third-order valence-corrected chi connectivity index (χ3v) is 9.02. The molecule has 0 radical (unpaired) electrons. The zero-order valence-corrected chi connectivity index (χ0v) is 28.7. The van der Waals surface area contributed by atoms with Crippen LogP contribution < -0.4 is 29.1 Å². The summed E-state index contributed by atoms with van der Waals surface area (Å²) in [7, 11) is 1.29. The van der Waals surface area contributed by atoms with E-state index in [0.717, 1.165) is 10.0 Å². The van der Waals surface area contributed by atoms with E-state index >= 15 is 0 Å². The van der Waals surface area contributed by atoms with Gasteiger partial charge in [-0.3, -0.25) is 9.36 Å². The Morgan fingerprint density at radius 2 is 1.75 bits per heavy atom. The zero-order valence-electron chi connectivity index (χ0n) is 23.9. The van der Waals surface area contributed by atoms with Gasteiger partial charge in [0.15, 0.2) is 22.0 Å². The molecule has 1 atom stereocenters. The van der Waals surface area contributed by atoms with Gasteiger partial charge < -0.3 is 18.9 Å². The van der Waals surface area contributed by atoms with Gasteiger partial charge in [-0.25, -0.2) is 9.79 Å². The Kier molecular flexibility index (Phi) is 10.3. The summed E-state index contributed by atoms with van der Waals surface area (Å²) >= 11 is 14.8. The summed E-state index contributed by atoms with van der Waals surface area (Å²) in [6, 6.07) is 16.0. The molecule has 0 spiro atoms. The lowest BCUT2D eigenvalue weighted by Gasteiger charge is -2.23. The Morgan fingerprint density at radius 1 is 1.02 bits per heavy atom. The second-order valence-corrected chi connectivity index (χ2v) is 12.7. The van der Waals surface area contributed by atoms with Crippen molar-refractivity contribution in [3.05, 3.63) is 117 Å². The molecule has 0 saturated carbocycles. The molecular weight excluding hydrogens is 736 g/mol. The van der Waals surface area contributed by atoms with Crippen LogP contribution in [0, 0.1) is 0 Å². The van der Waals surface area contributed by atoms with Crippen LogP contribution in [-0.2, 0) is 16.1 Å². The predicted molar refractivity (Wildman–Crippen MR) is 178 cm³/mol. The highest BCUT2D eigenvalue weighted by Crippen LogP contribution is 2.36. The molecule has 44 heavy (non-hydrogen) atoms. The Bertz CT molecular complexity index is 1900. The molecular formula is C32H27Br2ClN2O6S. The summed E-state index contributed by atoms with van der Waals surface area (Å²) < 4.78 is 26.1. The SMILES string of the molecule is CCOc1ccc([C@H]2C(C(=O)OC)=CN=c3s/c(=C\c4cc(Cl)c(OCc5ccc(Br)cc5)c(Br)c4)c(=O)n32)cc1OCC. The van der Waals surface area contributed by atoms with Gasteiger partial charge in [0, 0.05) is 10.7 Å². The van der Waals surface area contributed by atoms with E-state index < -0.39 is 12.0 Å². The maximum atomic E-state index is 13.9. The average molecular weight is 763 g/mol. The Labute approximate surface area is 279 Å². The van der Waals surface area contributed by atoms with Crippen molar-refractivity contribution in [2.24, 2.45) is 4.99 Å². The fraction of sp³-hybridized carbons (Fsp3) is 0.219. The molecule has 8 nitrogen and oxygen atoms in total. The van der Waals surface area contributed by atoms with E-state index in [9.17, 15) is 9.59 Å². The Morgan fingerprint density at radius 3 is 2.43 bits per heavy atom. The van der Waals surface area contributed by atoms with Crippen LogP contribution in [0.15, 0.2) is 85.1 Å². The van der Waals surface area contributed by atoms with Crippen LogP contribution in [0.5, 0.6) is 17.2 Å². The number of rotatable bonds is 10. The fourth-order valence-electron chi connectivity index (χ4n) is 4.68. The molecule has 0 N–H and O–H groups in total. The van der Waals surface area contributed by atoms with Crippen molar-refractivity contribution >= 4 is 66.8 Å². The first kappa shape index (κ1) is 32.0. The number of hydrogen-bond acceptors (Lipinski definition) is 8. The Hall–Kier alpha value is -3.38. The van der Waals surface area contributed by atoms with E-state index in [2.05, 4.69) is 36.9 Å². The summed E-state index contributed by atoms with van der Waals surface area (Å²) in [5, 5.41) is 0.388. The fourth-order valence-corrected chi connectivity index (χ4v) is 6.90. The third-order valence-electron chi connectivity index (χ3n) is 6.62. The van der Waals surface area contributed by atoms with Crippen LogP contribution in [0.3, 0.4) is 0 Å². The van der Waals surface area contributed by atoms with Gasteiger partial charge in [-0.2, -0.15) is 0 Å². The first-order valence-electron chi connectivity index (χ1n) is 13.6. The number of methoxy groups -OCH3 is 1. The smallest absolute Gasteiger partial charge is 0.337 e. The molecule has 228 valence electrons. The van der Waals surface area contributed by atoms with Crippen molar-refractivity contribution in [3.63, 3.8) is 0 Å². The van der Waals surface area contributed by atoms with E-state index in [1.165, 1.54) is 29.2 Å². The number of aromatic nitrogens is 1. The normalized spacial score (nSPS) is 14.4. The lowest BCUT2D eigenvalue weighted by atomic mass is 9.97. The number of fused-ring (bicyclic) bond motifs is 1. The van der Waals surface area contributed by atoms with E-state index in [-0.39, 0.29) is 11.1 Å². The maximum Gasteiger partial charge on any atom is 0.337 e. The van der Waals surface area contributed by atoms with E-state index in [1.54, 1.807) is 30.3 Å². The molecule has 0 aliphatic carbocycles. The van der Waals surface area contributed by atoms with Crippen molar-refractivity contribution < 1.29 is 23.7 Å². The summed E-state index contributed by atoms with van der Waals surface area (Å²) in [4.78, 5) is 31.7. The number of esters is 1. The van der Waals surface area contributed by atoms with Gasteiger partial charge in [-0.05, 0) is 88.9 Å². The number of hydrogen-bond donors (Lipinski definition) is 0. The molecule has 0 fully saturated rings. The highest BCUT2D eigenvalue weighted by Gasteiger charge is 2.31. The molecule has 0 saturated heterocycles. The molecule has 0 unspecified atom stereocenters.